The minimum atomic E-state index is -1.02. The highest BCUT2D eigenvalue weighted by Gasteiger charge is 2.20. The Balaban J connectivity index is 2.71. The Kier molecular flexibility index (Phi) is 3.79. The second-order valence-corrected chi connectivity index (χ2v) is 3.89. The van der Waals surface area contributed by atoms with Crippen LogP contribution in [0.3, 0.4) is 0 Å². The number of carbonyl (C=O) groups is 2. The Morgan fingerprint density at radius 1 is 1.67 bits per heavy atom. The molecule has 6 heteroatoms. The van der Waals surface area contributed by atoms with Gasteiger partial charge in [0.25, 0.3) is 5.91 Å². The first kappa shape index (κ1) is 11.6. The third kappa shape index (κ3) is 2.76. The lowest BCUT2D eigenvalue weighted by Crippen LogP contribution is -2.40. The maximum atomic E-state index is 11.6. The number of carboxylic acid groups (broad SMARTS) is 1. The van der Waals surface area contributed by atoms with Gasteiger partial charge >= 0.3 is 5.97 Å². The zero-order chi connectivity index (χ0) is 11.4. The number of nitrogens with zero attached hydrogens (tertiary/aromatic N) is 1. The van der Waals surface area contributed by atoms with Crippen molar-refractivity contribution in [3.8, 4) is 0 Å². The van der Waals surface area contributed by atoms with Gasteiger partial charge in [-0.1, -0.05) is 6.92 Å². The van der Waals surface area contributed by atoms with E-state index >= 15 is 0 Å². The van der Waals surface area contributed by atoms with Crippen molar-refractivity contribution < 1.29 is 14.7 Å². The van der Waals surface area contributed by atoms with E-state index in [0.29, 0.717) is 17.0 Å². The van der Waals surface area contributed by atoms with E-state index in [1.165, 1.54) is 11.3 Å². The first-order chi connectivity index (χ1) is 7.06. The fourth-order valence-corrected chi connectivity index (χ4v) is 1.79. The van der Waals surface area contributed by atoms with E-state index in [2.05, 4.69) is 10.3 Å². The van der Waals surface area contributed by atoms with Crippen molar-refractivity contribution in [3.63, 3.8) is 0 Å². The largest absolute Gasteiger partial charge is 0.480 e. The van der Waals surface area contributed by atoms with Gasteiger partial charge in [-0.2, -0.15) is 0 Å². The van der Waals surface area contributed by atoms with E-state index in [1.807, 2.05) is 0 Å². The summed E-state index contributed by atoms with van der Waals surface area (Å²) >= 11 is 1.21. The molecule has 0 aromatic carbocycles. The van der Waals surface area contributed by atoms with Crippen LogP contribution in [0, 0.1) is 6.92 Å². The number of aliphatic carboxylic acids is 1. The van der Waals surface area contributed by atoms with Crippen LogP contribution in [-0.4, -0.2) is 28.0 Å². The normalized spacial score (nSPS) is 12.1. The summed E-state index contributed by atoms with van der Waals surface area (Å²) in [7, 11) is 0. The van der Waals surface area contributed by atoms with Gasteiger partial charge < -0.3 is 10.4 Å². The summed E-state index contributed by atoms with van der Waals surface area (Å²) in [6.07, 6.45) is 0.360. The highest BCUT2D eigenvalue weighted by atomic mass is 32.1. The van der Waals surface area contributed by atoms with Crippen LogP contribution >= 0.6 is 11.3 Å². The lowest BCUT2D eigenvalue weighted by molar-refractivity contribution is -0.139. The van der Waals surface area contributed by atoms with E-state index in [0.717, 1.165) is 0 Å². The fourth-order valence-electron chi connectivity index (χ4n) is 1.08. The smallest absolute Gasteiger partial charge is 0.326 e. The summed E-state index contributed by atoms with van der Waals surface area (Å²) in [6.45, 7) is 3.42. The minimum Gasteiger partial charge on any atom is -0.480 e. The molecule has 0 unspecified atom stereocenters. The number of carboxylic acids is 1. The molecule has 0 aliphatic heterocycles. The molecule has 1 heterocycles. The van der Waals surface area contributed by atoms with Gasteiger partial charge in [-0.15, -0.1) is 11.3 Å². The monoisotopic (exact) mass is 228 g/mol. The van der Waals surface area contributed by atoms with Crippen molar-refractivity contribution in [1.29, 1.82) is 0 Å². The predicted octanol–water partition coefficient (Wildman–Crippen LogP) is 1.04. The van der Waals surface area contributed by atoms with Crippen LogP contribution in [0.15, 0.2) is 5.51 Å². The molecule has 1 aromatic heterocycles. The van der Waals surface area contributed by atoms with Gasteiger partial charge in [0.15, 0.2) is 0 Å². The third-order valence-corrected chi connectivity index (χ3v) is 2.89. The molecule has 2 N–H and O–H groups in total. The molecular formula is C9H12N2O3S. The molecule has 0 saturated carbocycles. The number of carbonyl (C=O) groups excluding carboxylic acids is 1. The van der Waals surface area contributed by atoms with Gasteiger partial charge in [-0.05, 0) is 13.3 Å². The number of amides is 1. The topological polar surface area (TPSA) is 79.3 Å². The number of thiazole rings is 1. The average molecular weight is 228 g/mol. The second kappa shape index (κ2) is 4.88. The Morgan fingerprint density at radius 2 is 2.33 bits per heavy atom. The van der Waals surface area contributed by atoms with E-state index in [9.17, 15) is 9.59 Å². The SMILES string of the molecule is CC[C@@H](NC(=O)c1scnc1C)C(=O)O. The maximum Gasteiger partial charge on any atom is 0.326 e. The van der Waals surface area contributed by atoms with Crippen LogP contribution in [0.2, 0.25) is 0 Å². The van der Waals surface area contributed by atoms with Crippen LogP contribution < -0.4 is 5.32 Å². The van der Waals surface area contributed by atoms with Gasteiger partial charge in [-0.25, -0.2) is 9.78 Å². The van der Waals surface area contributed by atoms with Crippen molar-refractivity contribution in [2.24, 2.45) is 0 Å². The highest BCUT2D eigenvalue weighted by Crippen LogP contribution is 2.12. The van der Waals surface area contributed by atoms with Crippen LogP contribution in [0.1, 0.15) is 28.7 Å². The Labute approximate surface area is 91.1 Å². The van der Waals surface area contributed by atoms with Gasteiger partial charge in [0.1, 0.15) is 10.9 Å². The maximum absolute atomic E-state index is 11.6. The van der Waals surface area contributed by atoms with Crippen LogP contribution in [-0.2, 0) is 4.79 Å². The zero-order valence-corrected chi connectivity index (χ0v) is 9.30. The molecule has 5 nitrogen and oxygen atoms in total. The van der Waals surface area contributed by atoms with E-state index < -0.39 is 12.0 Å². The quantitative estimate of drug-likeness (QED) is 0.807. The van der Waals surface area contributed by atoms with Crippen LogP contribution in [0.5, 0.6) is 0 Å². The highest BCUT2D eigenvalue weighted by molar-refractivity contribution is 7.11. The van der Waals surface area contributed by atoms with E-state index in [1.54, 1.807) is 19.4 Å². The van der Waals surface area contributed by atoms with Crippen molar-refractivity contribution >= 4 is 23.2 Å². The van der Waals surface area contributed by atoms with Gasteiger partial charge in [-0.3, -0.25) is 4.79 Å². The number of aromatic nitrogens is 1. The number of nitrogens with one attached hydrogen (secondary N) is 1. The van der Waals surface area contributed by atoms with Crippen LogP contribution in [0.25, 0.3) is 0 Å². The predicted molar refractivity (Wildman–Crippen MR) is 56.0 cm³/mol. The van der Waals surface area contributed by atoms with Crippen molar-refractivity contribution in [1.82, 2.24) is 10.3 Å². The van der Waals surface area contributed by atoms with E-state index in [4.69, 9.17) is 5.11 Å². The first-order valence-electron chi connectivity index (χ1n) is 4.50. The zero-order valence-electron chi connectivity index (χ0n) is 8.48. The molecule has 0 fully saturated rings. The molecule has 0 radical (unpaired) electrons. The second-order valence-electron chi connectivity index (χ2n) is 3.04. The summed E-state index contributed by atoms with van der Waals surface area (Å²) in [6, 6.07) is -0.834. The molecule has 82 valence electrons. The summed E-state index contributed by atoms with van der Waals surface area (Å²) in [5.41, 5.74) is 2.18. The summed E-state index contributed by atoms with van der Waals surface area (Å²) in [5, 5.41) is 11.2. The average Bonchev–Trinajstić information content (AvgIpc) is 2.60. The minimum absolute atomic E-state index is 0.360. The Hall–Kier alpha value is -1.43. The van der Waals surface area contributed by atoms with Crippen molar-refractivity contribution in [2.45, 2.75) is 26.3 Å². The lowest BCUT2D eigenvalue weighted by atomic mass is 10.2. The fraction of sp³-hybridized carbons (Fsp3) is 0.444. The standard InChI is InChI=1S/C9H12N2O3S/c1-3-6(9(13)14)11-8(12)7-5(2)10-4-15-7/h4,6H,3H2,1-2H3,(H,11,12)(H,13,14)/t6-/m1/s1. The number of rotatable bonds is 4. The first-order valence-corrected chi connectivity index (χ1v) is 5.38. The summed E-state index contributed by atoms with van der Waals surface area (Å²) in [4.78, 5) is 26.7. The summed E-state index contributed by atoms with van der Waals surface area (Å²) < 4.78 is 0. The molecule has 0 aliphatic carbocycles. The Morgan fingerprint density at radius 3 is 2.73 bits per heavy atom. The van der Waals surface area contributed by atoms with Crippen molar-refractivity contribution in [2.75, 3.05) is 0 Å². The number of hydrogen-bond donors (Lipinski definition) is 2. The lowest BCUT2D eigenvalue weighted by Gasteiger charge is -2.11. The van der Waals surface area contributed by atoms with Crippen molar-refractivity contribution in [3.05, 3.63) is 16.1 Å². The molecule has 0 aliphatic rings. The van der Waals surface area contributed by atoms with Gasteiger partial charge in [0, 0.05) is 0 Å². The third-order valence-electron chi connectivity index (χ3n) is 1.96. The number of hydrogen-bond acceptors (Lipinski definition) is 4. The van der Waals surface area contributed by atoms with Crippen LogP contribution in [0.4, 0.5) is 0 Å². The molecule has 15 heavy (non-hydrogen) atoms. The Bertz CT molecular complexity index is 375. The molecule has 0 bridgehead atoms. The van der Waals surface area contributed by atoms with E-state index in [-0.39, 0.29) is 5.91 Å². The summed E-state index contributed by atoms with van der Waals surface area (Å²) in [5.74, 6) is -1.39. The van der Waals surface area contributed by atoms with Gasteiger partial charge in [0.2, 0.25) is 0 Å². The molecule has 1 amide bonds. The molecule has 0 spiro atoms. The molecule has 1 atom stereocenters. The molecular weight excluding hydrogens is 216 g/mol. The molecule has 1 rings (SSSR count). The molecule has 0 saturated heterocycles. The van der Waals surface area contributed by atoms with Gasteiger partial charge in [0.05, 0.1) is 11.2 Å². The molecule has 1 aromatic rings. The number of aryl methyl sites for hydroxylation is 1.